The van der Waals surface area contributed by atoms with E-state index in [-0.39, 0.29) is 30.4 Å². The van der Waals surface area contributed by atoms with Crippen LogP contribution in [0.5, 0.6) is 0 Å². The number of aliphatic hydroxyl groups excluding tert-OH is 1. The van der Waals surface area contributed by atoms with Gasteiger partial charge >= 0.3 is 12.0 Å². The van der Waals surface area contributed by atoms with Crippen LogP contribution in [0.15, 0.2) is 132 Å². The van der Waals surface area contributed by atoms with E-state index in [1.165, 1.54) is 11.8 Å². The summed E-state index contributed by atoms with van der Waals surface area (Å²) in [4.78, 5) is 25.0. The molecule has 1 aliphatic rings. The van der Waals surface area contributed by atoms with Crippen LogP contribution in [-0.2, 0) is 29.2 Å². The van der Waals surface area contributed by atoms with Crippen LogP contribution < -0.4 is 10.6 Å². The summed E-state index contributed by atoms with van der Waals surface area (Å²) in [6.07, 6.45) is -0.524. The third-order valence-corrected chi connectivity index (χ3v) is 9.61. The van der Waals surface area contributed by atoms with Crippen LogP contribution in [0.2, 0.25) is 0 Å². The summed E-state index contributed by atoms with van der Waals surface area (Å²) in [6.45, 7) is 0.784. The van der Waals surface area contributed by atoms with E-state index in [4.69, 9.17) is 9.47 Å². The van der Waals surface area contributed by atoms with Crippen molar-refractivity contribution in [3.8, 4) is 11.1 Å². The molecule has 9 heteroatoms. The zero-order valence-corrected chi connectivity index (χ0v) is 27.6. The lowest BCUT2D eigenvalue weighted by molar-refractivity contribution is -0.245. The number of urea groups is 1. The molecule has 1 aliphatic heterocycles. The third-order valence-electron chi connectivity index (χ3n) is 8.40. The molecular formula is C40H38N2O6S. The van der Waals surface area contributed by atoms with Crippen LogP contribution in [0, 0.1) is 0 Å². The van der Waals surface area contributed by atoms with E-state index >= 15 is 0 Å². The number of carboxylic acid groups (broad SMARTS) is 1. The van der Waals surface area contributed by atoms with Gasteiger partial charge in [0.15, 0.2) is 6.29 Å². The molecule has 2 amide bonds. The molecule has 0 bridgehead atoms. The number of rotatable bonds is 12. The molecule has 3 atom stereocenters. The van der Waals surface area contributed by atoms with Crippen molar-refractivity contribution in [2.24, 2.45) is 0 Å². The number of hydrogen-bond acceptors (Lipinski definition) is 6. The minimum atomic E-state index is -0.959. The molecule has 6 rings (SSSR count). The highest BCUT2D eigenvalue weighted by Gasteiger charge is 2.32. The van der Waals surface area contributed by atoms with E-state index in [0.29, 0.717) is 30.2 Å². The number of carbonyl (C=O) groups excluding carboxylic acids is 1. The van der Waals surface area contributed by atoms with Crippen LogP contribution in [0.1, 0.15) is 57.0 Å². The quantitative estimate of drug-likeness (QED) is 0.0995. The van der Waals surface area contributed by atoms with Gasteiger partial charge in [-0.15, -0.1) is 11.8 Å². The fourth-order valence-electron chi connectivity index (χ4n) is 5.77. The van der Waals surface area contributed by atoms with E-state index < -0.39 is 12.3 Å². The van der Waals surface area contributed by atoms with Gasteiger partial charge in [-0.05, 0) is 45.5 Å². The highest BCUT2D eigenvalue weighted by molar-refractivity contribution is 7.99. The van der Waals surface area contributed by atoms with Gasteiger partial charge in [-0.2, -0.15) is 0 Å². The Bertz CT molecular complexity index is 1850. The first-order valence-corrected chi connectivity index (χ1v) is 17.1. The van der Waals surface area contributed by atoms with Gasteiger partial charge in [-0.25, -0.2) is 9.59 Å². The van der Waals surface area contributed by atoms with Crippen molar-refractivity contribution in [2.45, 2.75) is 49.5 Å². The molecular weight excluding hydrogens is 637 g/mol. The van der Waals surface area contributed by atoms with Crippen LogP contribution in [0.3, 0.4) is 0 Å². The first-order valence-electron chi connectivity index (χ1n) is 16.2. The second-order valence-corrected chi connectivity index (χ2v) is 12.8. The zero-order chi connectivity index (χ0) is 34.0. The van der Waals surface area contributed by atoms with Gasteiger partial charge in [-0.1, -0.05) is 115 Å². The summed E-state index contributed by atoms with van der Waals surface area (Å²) in [6, 6.07) is 40.3. The summed E-state index contributed by atoms with van der Waals surface area (Å²) in [7, 11) is 0. The van der Waals surface area contributed by atoms with Gasteiger partial charge in [0.1, 0.15) is 0 Å². The second-order valence-electron chi connectivity index (χ2n) is 11.8. The molecule has 1 heterocycles. The van der Waals surface area contributed by atoms with Gasteiger partial charge in [0.05, 0.1) is 24.4 Å². The fourth-order valence-corrected chi connectivity index (χ4v) is 6.83. The van der Waals surface area contributed by atoms with Crippen molar-refractivity contribution < 1.29 is 29.3 Å². The van der Waals surface area contributed by atoms with Crippen molar-refractivity contribution in [2.75, 3.05) is 5.75 Å². The Labute approximate surface area is 290 Å². The fraction of sp³-hybridized carbons (Fsp3) is 0.200. The number of carbonyl (C=O) groups is 2. The second kappa shape index (κ2) is 16.5. The molecule has 5 aromatic rings. The Morgan fingerprint density at radius 1 is 0.714 bits per heavy atom. The minimum Gasteiger partial charge on any atom is -0.478 e. The van der Waals surface area contributed by atoms with E-state index in [0.717, 1.165) is 38.9 Å². The lowest BCUT2D eigenvalue weighted by Gasteiger charge is -2.36. The summed E-state index contributed by atoms with van der Waals surface area (Å²) >= 11 is 1.46. The number of aromatic carboxylic acids is 1. The molecule has 0 aliphatic carbocycles. The lowest BCUT2D eigenvalue weighted by Crippen LogP contribution is -2.34. The number of ether oxygens (including phenoxy) is 2. The molecule has 49 heavy (non-hydrogen) atoms. The molecule has 0 radical (unpaired) electrons. The van der Waals surface area contributed by atoms with Crippen LogP contribution in [0.25, 0.3) is 11.1 Å². The average molecular weight is 675 g/mol. The van der Waals surface area contributed by atoms with Crippen molar-refractivity contribution >= 4 is 23.8 Å². The maximum absolute atomic E-state index is 12.5. The monoisotopic (exact) mass is 674 g/mol. The summed E-state index contributed by atoms with van der Waals surface area (Å²) in [5, 5.41) is 25.1. The van der Waals surface area contributed by atoms with Crippen molar-refractivity contribution in [1.29, 1.82) is 0 Å². The summed E-state index contributed by atoms with van der Waals surface area (Å²) in [5.41, 5.74) is 6.96. The largest absolute Gasteiger partial charge is 0.478 e. The van der Waals surface area contributed by atoms with E-state index in [1.54, 1.807) is 12.1 Å². The van der Waals surface area contributed by atoms with Gasteiger partial charge in [0.2, 0.25) is 0 Å². The molecule has 1 fully saturated rings. The number of carboxylic acids is 1. The maximum atomic E-state index is 12.5. The number of hydrogen-bond donors (Lipinski definition) is 4. The summed E-state index contributed by atoms with van der Waals surface area (Å²) in [5.74, 6) is -0.410. The molecule has 8 nitrogen and oxygen atoms in total. The first-order chi connectivity index (χ1) is 24.0. The lowest BCUT2D eigenvalue weighted by atomic mass is 9.98. The van der Waals surface area contributed by atoms with Crippen molar-refractivity contribution in [3.63, 3.8) is 0 Å². The Balaban J connectivity index is 1.16. The molecule has 250 valence electrons. The molecule has 0 unspecified atom stereocenters. The van der Waals surface area contributed by atoms with Crippen LogP contribution in [0.4, 0.5) is 4.79 Å². The van der Waals surface area contributed by atoms with Crippen molar-refractivity contribution in [1.82, 2.24) is 10.6 Å². The van der Waals surface area contributed by atoms with E-state index in [9.17, 15) is 19.8 Å². The number of nitrogens with one attached hydrogen (secondary N) is 2. The van der Waals surface area contributed by atoms with Gasteiger partial charge in [0, 0.05) is 35.7 Å². The average Bonchev–Trinajstić information content (AvgIpc) is 3.16. The van der Waals surface area contributed by atoms with Gasteiger partial charge < -0.3 is 30.3 Å². The van der Waals surface area contributed by atoms with E-state index in [1.807, 2.05) is 115 Å². The van der Waals surface area contributed by atoms with Crippen LogP contribution in [-0.4, -0.2) is 34.1 Å². The Kier molecular flexibility index (Phi) is 11.4. The van der Waals surface area contributed by atoms with Gasteiger partial charge in [-0.3, -0.25) is 0 Å². The van der Waals surface area contributed by atoms with Crippen molar-refractivity contribution in [3.05, 3.63) is 161 Å². The SMILES string of the molecule is O=C(NCc1ccccc1)NCc1ccccc1-c1ccc([C@@H]2O[C@H](CSc3ccccc3C(=O)O)C[C@H](c3ccc(CO)cc3)O2)cc1. The highest BCUT2D eigenvalue weighted by Crippen LogP contribution is 2.40. The molecule has 0 saturated carbocycles. The Morgan fingerprint density at radius 2 is 1.39 bits per heavy atom. The maximum Gasteiger partial charge on any atom is 0.336 e. The standard InChI is InChI=1S/C40H38N2O6S/c43-25-28-14-16-30(17-15-28)36-22-33(26-49-37-13-7-6-12-35(37)38(44)45)47-39(48-36)31-20-18-29(19-21-31)34-11-5-4-10-32(34)24-42-40(46)41-23-27-8-2-1-3-9-27/h1-21,33,36,39,43H,22-26H2,(H,44,45)(H2,41,42,46)/t33-,36+,39+/m0/s1. The minimum absolute atomic E-state index is 0.0349. The smallest absolute Gasteiger partial charge is 0.336 e. The number of aliphatic hydroxyl groups is 1. The predicted molar refractivity (Wildman–Crippen MR) is 190 cm³/mol. The van der Waals surface area contributed by atoms with E-state index in [2.05, 4.69) is 10.6 Å². The Hall–Kier alpha value is -4.93. The molecule has 0 spiro atoms. The molecule has 0 aromatic heterocycles. The highest BCUT2D eigenvalue weighted by atomic mass is 32.2. The third kappa shape index (κ3) is 8.95. The molecule has 5 aromatic carbocycles. The zero-order valence-electron chi connectivity index (χ0n) is 26.8. The van der Waals surface area contributed by atoms with Crippen LogP contribution >= 0.6 is 11.8 Å². The topological polar surface area (TPSA) is 117 Å². The molecule has 1 saturated heterocycles. The Morgan fingerprint density at radius 3 is 2.14 bits per heavy atom. The normalized spacial score (nSPS) is 17.3. The predicted octanol–water partition coefficient (Wildman–Crippen LogP) is 7.88. The number of benzene rings is 5. The van der Waals surface area contributed by atoms with Gasteiger partial charge in [0.25, 0.3) is 0 Å². The first kappa shape index (κ1) is 34.0. The number of amides is 2. The summed E-state index contributed by atoms with van der Waals surface area (Å²) < 4.78 is 13.0. The number of thioether (sulfide) groups is 1. The molecule has 4 N–H and O–H groups in total.